The molecule has 0 N–H and O–H groups in total. The van der Waals surface area contributed by atoms with E-state index in [0.29, 0.717) is 41.9 Å². The lowest BCUT2D eigenvalue weighted by Gasteiger charge is -2.24. The minimum absolute atomic E-state index is 0.262. The number of fused-ring (bicyclic) bond motifs is 1. The zero-order valence-corrected chi connectivity index (χ0v) is 18.7. The molecule has 0 amide bonds. The monoisotopic (exact) mass is 404 g/mol. The lowest BCUT2D eigenvalue weighted by Crippen LogP contribution is -2.30. The molecule has 0 bridgehead atoms. The number of hydrogen-bond acceptors (Lipinski definition) is 5. The van der Waals surface area contributed by atoms with E-state index in [1.165, 1.54) is 0 Å². The first-order valence-corrected chi connectivity index (χ1v) is 13.4. The van der Waals surface area contributed by atoms with Crippen molar-refractivity contribution in [3.8, 4) is 11.5 Å². The number of rotatable bonds is 3. The molecule has 1 aliphatic heterocycles. The van der Waals surface area contributed by atoms with Crippen molar-refractivity contribution >= 4 is 26.1 Å². The van der Waals surface area contributed by atoms with Crippen molar-refractivity contribution < 1.29 is 23.5 Å². The second-order valence-electron chi connectivity index (χ2n) is 8.25. The van der Waals surface area contributed by atoms with Gasteiger partial charge in [0.05, 0.1) is 13.2 Å². The summed E-state index contributed by atoms with van der Waals surface area (Å²) >= 11 is 0. The summed E-state index contributed by atoms with van der Waals surface area (Å²) in [5, 5.41) is 0. The van der Waals surface area contributed by atoms with E-state index in [0.717, 1.165) is 19.3 Å². The summed E-state index contributed by atoms with van der Waals surface area (Å²) in [5.41, 5.74) is 1.16. The highest BCUT2D eigenvalue weighted by Gasteiger charge is 2.26. The molecule has 1 atom stereocenters. The summed E-state index contributed by atoms with van der Waals surface area (Å²) in [6.45, 7) is 8.08. The third-order valence-electron chi connectivity index (χ3n) is 4.46. The minimum atomic E-state index is -1.96. The van der Waals surface area contributed by atoms with Crippen LogP contribution in [0, 0.1) is 0 Å². The Bertz CT molecular complexity index is 733. The molecule has 5 nitrogen and oxygen atoms in total. The van der Waals surface area contributed by atoms with Crippen LogP contribution in [0.4, 0.5) is 0 Å². The number of Topliss-reactive ketones (excluding diaryl/α,β-unsaturated/α-hetero) is 1. The zero-order valence-electron chi connectivity index (χ0n) is 17.7. The molecule has 2 rings (SSSR count). The van der Waals surface area contributed by atoms with Gasteiger partial charge in [0.25, 0.3) is 0 Å². The molecule has 0 radical (unpaired) electrons. The van der Waals surface area contributed by atoms with E-state index in [2.05, 4.69) is 19.6 Å². The van der Waals surface area contributed by atoms with Gasteiger partial charge in [-0.2, -0.15) is 0 Å². The Morgan fingerprint density at radius 1 is 1.11 bits per heavy atom. The Kier molecular flexibility index (Phi) is 7.86. The number of hydrogen-bond donors (Lipinski definition) is 0. The molecule has 1 aromatic rings. The highest BCUT2D eigenvalue weighted by atomic mass is 28.4. The summed E-state index contributed by atoms with van der Waals surface area (Å²) in [6.07, 6.45) is 7.76. The van der Waals surface area contributed by atoms with E-state index >= 15 is 0 Å². The van der Waals surface area contributed by atoms with Gasteiger partial charge in [0.15, 0.2) is 0 Å². The second-order valence-corrected chi connectivity index (χ2v) is 12.7. The van der Waals surface area contributed by atoms with Crippen molar-refractivity contribution in [3.05, 3.63) is 29.3 Å². The number of ketones is 1. The number of esters is 1. The molecule has 1 heterocycles. The maximum absolute atomic E-state index is 13.0. The van der Waals surface area contributed by atoms with Gasteiger partial charge in [-0.25, -0.2) is 4.79 Å². The molecule has 0 saturated carbocycles. The molecule has 154 valence electrons. The Morgan fingerprint density at radius 3 is 2.50 bits per heavy atom. The molecule has 6 heteroatoms. The Balaban J connectivity index is 2.48. The van der Waals surface area contributed by atoms with Crippen LogP contribution >= 0.6 is 0 Å². The topological polar surface area (TPSA) is 61.8 Å². The Labute approximate surface area is 169 Å². The van der Waals surface area contributed by atoms with Gasteiger partial charge in [-0.3, -0.25) is 4.79 Å². The van der Waals surface area contributed by atoms with Crippen LogP contribution in [0.1, 0.15) is 61.4 Å². The molecular weight excluding hydrogens is 372 g/mol. The first-order chi connectivity index (χ1) is 13.2. The maximum atomic E-state index is 13.0. The average molecular weight is 405 g/mol. The predicted octanol–water partition coefficient (Wildman–Crippen LogP) is 5.39. The number of ether oxygens (including phenoxy) is 2. The number of carbonyl (C=O) groups is 2. The smallest absolute Gasteiger partial charge is 0.342 e. The molecule has 0 saturated heterocycles. The fourth-order valence-electron chi connectivity index (χ4n) is 3.13. The van der Waals surface area contributed by atoms with Crippen LogP contribution in [-0.2, 0) is 9.53 Å². The summed E-state index contributed by atoms with van der Waals surface area (Å²) in [6, 6.07) is 3.59. The van der Waals surface area contributed by atoms with Crippen molar-refractivity contribution in [3.63, 3.8) is 0 Å². The van der Waals surface area contributed by atoms with Crippen molar-refractivity contribution in [2.45, 2.75) is 71.2 Å². The summed E-state index contributed by atoms with van der Waals surface area (Å²) < 4.78 is 17.3. The van der Waals surface area contributed by atoms with E-state index in [1.54, 1.807) is 13.2 Å². The Hall–Kier alpha value is -2.08. The number of methoxy groups -OCH3 is 1. The third-order valence-corrected chi connectivity index (χ3v) is 5.29. The van der Waals surface area contributed by atoms with E-state index in [-0.39, 0.29) is 11.9 Å². The second kappa shape index (κ2) is 9.91. The average Bonchev–Trinajstić information content (AvgIpc) is 2.58. The highest BCUT2D eigenvalue weighted by Crippen LogP contribution is 2.33. The van der Waals surface area contributed by atoms with E-state index in [4.69, 9.17) is 13.9 Å². The van der Waals surface area contributed by atoms with Gasteiger partial charge in [-0.05, 0) is 63.9 Å². The highest BCUT2D eigenvalue weighted by molar-refractivity contribution is 6.70. The van der Waals surface area contributed by atoms with Crippen molar-refractivity contribution in [1.29, 1.82) is 0 Å². The standard InChI is InChI=1S/C22H32O5Si/c1-16-10-9-13-18(23)12-8-6-7-11-17-14-19(25-2)15-20(27-28(3,4)5)21(17)22(24)26-16/h7,11,14-16H,6,8-10,12-13H2,1-5H3/b11-7+. The number of carbonyl (C=O) groups excluding carboxylic acids is 2. The molecule has 1 unspecified atom stereocenters. The van der Waals surface area contributed by atoms with E-state index < -0.39 is 14.3 Å². The quantitative estimate of drug-likeness (QED) is 0.499. The largest absolute Gasteiger partial charge is 0.544 e. The van der Waals surface area contributed by atoms with E-state index in [9.17, 15) is 9.59 Å². The molecule has 1 aromatic carbocycles. The fourth-order valence-corrected chi connectivity index (χ4v) is 3.95. The molecule has 28 heavy (non-hydrogen) atoms. The lowest BCUT2D eigenvalue weighted by atomic mass is 10.0. The number of cyclic esters (lactones) is 1. The molecular formula is C22H32O5Si. The molecule has 1 aliphatic rings. The minimum Gasteiger partial charge on any atom is -0.544 e. The Morgan fingerprint density at radius 2 is 1.82 bits per heavy atom. The third kappa shape index (κ3) is 6.82. The van der Waals surface area contributed by atoms with Gasteiger partial charge in [0.1, 0.15) is 22.8 Å². The van der Waals surface area contributed by atoms with Crippen LogP contribution in [0.2, 0.25) is 19.6 Å². The van der Waals surface area contributed by atoms with Gasteiger partial charge < -0.3 is 13.9 Å². The molecule has 0 spiro atoms. The number of benzene rings is 1. The van der Waals surface area contributed by atoms with Gasteiger partial charge in [-0.15, -0.1) is 0 Å². The van der Waals surface area contributed by atoms with Crippen LogP contribution in [0.25, 0.3) is 6.08 Å². The van der Waals surface area contributed by atoms with Crippen LogP contribution in [0.3, 0.4) is 0 Å². The molecule has 0 aliphatic carbocycles. The van der Waals surface area contributed by atoms with Gasteiger partial charge in [0, 0.05) is 18.9 Å². The zero-order chi connectivity index (χ0) is 20.7. The summed E-state index contributed by atoms with van der Waals surface area (Å²) in [5.74, 6) is 1.02. The number of allylic oxidation sites excluding steroid dienone is 1. The van der Waals surface area contributed by atoms with Crippen molar-refractivity contribution in [1.82, 2.24) is 0 Å². The van der Waals surface area contributed by atoms with Gasteiger partial charge in [-0.1, -0.05) is 12.2 Å². The summed E-state index contributed by atoms with van der Waals surface area (Å²) in [7, 11) is -0.360. The van der Waals surface area contributed by atoms with Crippen LogP contribution in [0.15, 0.2) is 18.2 Å². The van der Waals surface area contributed by atoms with E-state index in [1.807, 2.05) is 25.1 Å². The molecule has 0 aromatic heterocycles. The van der Waals surface area contributed by atoms with Gasteiger partial charge in [0.2, 0.25) is 8.32 Å². The van der Waals surface area contributed by atoms with Crippen molar-refractivity contribution in [2.75, 3.05) is 7.11 Å². The van der Waals surface area contributed by atoms with Crippen LogP contribution in [-0.4, -0.2) is 33.3 Å². The summed E-state index contributed by atoms with van der Waals surface area (Å²) in [4.78, 5) is 25.0. The lowest BCUT2D eigenvalue weighted by molar-refractivity contribution is -0.119. The molecule has 0 fully saturated rings. The SMILES string of the molecule is COc1cc2c(c(O[Si](C)(C)C)c1)C(=O)OC(C)CCCC(=O)CCC/C=C/2. The maximum Gasteiger partial charge on any atom is 0.342 e. The fraction of sp³-hybridized carbons (Fsp3) is 0.545. The van der Waals surface area contributed by atoms with Gasteiger partial charge >= 0.3 is 5.97 Å². The predicted molar refractivity (Wildman–Crippen MR) is 114 cm³/mol. The normalized spacial score (nSPS) is 20.5. The first kappa shape index (κ1) is 22.2. The van der Waals surface area contributed by atoms with Crippen molar-refractivity contribution in [2.24, 2.45) is 0 Å². The van der Waals surface area contributed by atoms with Crippen LogP contribution < -0.4 is 9.16 Å². The first-order valence-electron chi connectivity index (χ1n) is 10.00. The van der Waals surface area contributed by atoms with Crippen LogP contribution in [0.5, 0.6) is 11.5 Å².